The van der Waals surface area contributed by atoms with Crippen molar-refractivity contribution in [1.29, 1.82) is 0 Å². The molecule has 2 aromatic rings. The predicted molar refractivity (Wildman–Crippen MR) is 112 cm³/mol. The van der Waals surface area contributed by atoms with E-state index in [1.807, 2.05) is 6.07 Å². The van der Waals surface area contributed by atoms with Gasteiger partial charge in [0.2, 0.25) is 0 Å². The summed E-state index contributed by atoms with van der Waals surface area (Å²) in [4.78, 5) is 27.9. The zero-order valence-corrected chi connectivity index (χ0v) is 18.0. The number of carbonyl (C=O) groups excluding carboxylic acids is 2. The summed E-state index contributed by atoms with van der Waals surface area (Å²) in [5, 5.41) is 4.42. The first kappa shape index (κ1) is 22.0. The lowest BCUT2D eigenvalue weighted by molar-refractivity contribution is -0.158. The Kier molecular flexibility index (Phi) is 6.90. The second-order valence-electron chi connectivity index (χ2n) is 7.99. The summed E-state index contributed by atoms with van der Waals surface area (Å²) in [6, 6.07) is 8.29. The molecular weight excluding hydrogens is 385 g/mol. The monoisotopic (exact) mass is 415 g/mol. The van der Waals surface area contributed by atoms with Crippen LogP contribution in [0.25, 0.3) is 0 Å². The molecular formula is C23H30FN3O3. The third kappa shape index (κ3) is 4.55. The quantitative estimate of drug-likeness (QED) is 0.649. The zero-order valence-electron chi connectivity index (χ0n) is 18.0. The number of carbonyl (C=O) groups is 2. The van der Waals surface area contributed by atoms with E-state index in [9.17, 15) is 14.0 Å². The molecule has 162 valence electrons. The lowest BCUT2D eigenvalue weighted by atomic mass is 9.75. The number of amides is 1. The van der Waals surface area contributed by atoms with E-state index in [1.165, 1.54) is 6.07 Å². The normalized spacial score (nSPS) is 19.0. The minimum absolute atomic E-state index is 0.158. The average molecular weight is 416 g/mol. The number of hydrogen-bond donors (Lipinski definition) is 0. The van der Waals surface area contributed by atoms with Crippen LogP contribution in [-0.2, 0) is 29.4 Å². The number of rotatable bonds is 7. The maximum atomic E-state index is 14.4. The largest absolute Gasteiger partial charge is 0.466 e. The van der Waals surface area contributed by atoms with Gasteiger partial charge in [-0.25, -0.2) is 4.39 Å². The zero-order chi connectivity index (χ0) is 21.7. The first-order valence-corrected chi connectivity index (χ1v) is 10.6. The van der Waals surface area contributed by atoms with Crippen LogP contribution >= 0.6 is 0 Å². The van der Waals surface area contributed by atoms with Gasteiger partial charge in [0.25, 0.3) is 5.91 Å². The number of halogens is 1. The molecule has 0 N–H and O–H groups in total. The van der Waals surface area contributed by atoms with Crippen molar-refractivity contribution in [2.75, 3.05) is 19.7 Å². The van der Waals surface area contributed by atoms with Gasteiger partial charge in [-0.3, -0.25) is 14.3 Å². The number of likely N-dealkylation sites (tertiary alicyclic amines) is 1. The van der Waals surface area contributed by atoms with Gasteiger partial charge in [0.05, 0.1) is 17.7 Å². The van der Waals surface area contributed by atoms with Crippen LogP contribution in [0.4, 0.5) is 4.39 Å². The van der Waals surface area contributed by atoms with Gasteiger partial charge >= 0.3 is 5.97 Å². The van der Waals surface area contributed by atoms with Crippen molar-refractivity contribution >= 4 is 11.9 Å². The highest BCUT2D eigenvalue weighted by Crippen LogP contribution is 2.36. The molecule has 6 nitrogen and oxygen atoms in total. The Bertz CT molecular complexity index is 911. The lowest BCUT2D eigenvalue weighted by Gasteiger charge is -2.41. The molecule has 0 radical (unpaired) electrons. The topological polar surface area (TPSA) is 64.4 Å². The highest BCUT2D eigenvalue weighted by atomic mass is 19.1. The first-order valence-electron chi connectivity index (χ1n) is 10.6. The van der Waals surface area contributed by atoms with Gasteiger partial charge in [-0.1, -0.05) is 31.5 Å². The van der Waals surface area contributed by atoms with E-state index in [4.69, 9.17) is 4.74 Å². The van der Waals surface area contributed by atoms with Gasteiger partial charge in [-0.05, 0) is 50.3 Å². The molecule has 0 spiro atoms. The molecule has 3 rings (SSSR count). The van der Waals surface area contributed by atoms with E-state index < -0.39 is 5.41 Å². The van der Waals surface area contributed by atoms with Gasteiger partial charge in [0.1, 0.15) is 11.5 Å². The van der Waals surface area contributed by atoms with E-state index in [2.05, 4.69) is 12.0 Å². The number of ether oxygens (including phenoxy) is 1. The summed E-state index contributed by atoms with van der Waals surface area (Å²) in [5.41, 5.74) is 0.884. The molecule has 1 amide bonds. The lowest BCUT2D eigenvalue weighted by Crippen LogP contribution is -2.52. The SMILES string of the molecule is CCCc1cc(C(=O)N2CCC[C@](Cc3ccccc3F)(C(=O)OCC)C2)n(C)n1. The van der Waals surface area contributed by atoms with Crippen LogP contribution in [0.2, 0.25) is 0 Å². The smallest absolute Gasteiger partial charge is 0.314 e. The minimum Gasteiger partial charge on any atom is -0.466 e. The number of hydrogen-bond acceptors (Lipinski definition) is 4. The van der Waals surface area contributed by atoms with Crippen LogP contribution in [0.5, 0.6) is 0 Å². The average Bonchev–Trinajstić information content (AvgIpc) is 3.10. The molecule has 2 heterocycles. The number of esters is 1. The van der Waals surface area contributed by atoms with E-state index in [1.54, 1.807) is 41.8 Å². The van der Waals surface area contributed by atoms with Crippen LogP contribution in [0.3, 0.4) is 0 Å². The van der Waals surface area contributed by atoms with Crippen molar-refractivity contribution < 1.29 is 18.7 Å². The summed E-state index contributed by atoms with van der Waals surface area (Å²) in [7, 11) is 1.76. The molecule has 0 saturated carbocycles. The van der Waals surface area contributed by atoms with Crippen molar-refractivity contribution in [3.05, 3.63) is 53.1 Å². The molecule has 1 fully saturated rings. The molecule has 1 aliphatic heterocycles. The Balaban J connectivity index is 1.89. The van der Waals surface area contributed by atoms with Crippen LogP contribution in [0.1, 0.15) is 54.9 Å². The Morgan fingerprint density at radius 2 is 2.03 bits per heavy atom. The third-order valence-electron chi connectivity index (χ3n) is 5.71. The van der Waals surface area contributed by atoms with E-state index in [-0.39, 0.29) is 37.3 Å². The molecule has 0 bridgehead atoms. The van der Waals surface area contributed by atoms with Gasteiger partial charge in [-0.15, -0.1) is 0 Å². The Labute approximate surface area is 177 Å². The Morgan fingerprint density at radius 1 is 1.27 bits per heavy atom. The van der Waals surface area contributed by atoms with Gasteiger partial charge < -0.3 is 9.64 Å². The summed E-state index contributed by atoms with van der Waals surface area (Å²) in [5.74, 6) is -0.878. The standard InChI is InChI=1S/C23H30FN3O3/c1-4-9-18-14-20(26(3)25-18)21(28)27-13-8-12-23(16-27,22(29)30-5-2)15-17-10-6-7-11-19(17)24/h6-7,10-11,14H,4-5,8-9,12-13,15-16H2,1-3H3/t23-/m1/s1. The molecule has 1 atom stereocenters. The first-order chi connectivity index (χ1) is 14.4. The fourth-order valence-electron chi connectivity index (χ4n) is 4.25. The highest BCUT2D eigenvalue weighted by Gasteiger charge is 2.45. The highest BCUT2D eigenvalue weighted by molar-refractivity contribution is 5.93. The third-order valence-corrected chi connectivity index (χ3v) is 5.71. The van der Waals surface area contributed by atoms with Crippen molar-refractivity contribution in [2.45, 2.75) is 46.0 Å². The van der Waals surface area contributed by atoms with Gasteiger partial charge in [0, 0.05) is 20.1 Å². The van der Waals surface area contributed by atoms with Gasteiger partial charge in [-0.2, -0.15) is 5.10 Å². The molecule has 30 heavy (non-hydrogen) atoms. The number of aromatic nitrogens is 2. The molecule has 0 aliphatic carbocycles. The maximum Gasteiger partial charge on any atom is 0.314 e. The molecule has 1 aliphatic rings. The van der Waals surface area contributed by atoms with Crippen molar-refractivity contribution in [2.24, 2.45) is 12.5 Å². The van der Waals surface area contributed by atoms with Crippen molar-refractivity contribution in [1.82, 2.24) is 14.7 Å². The number of piperidine rings is 1. The van der Waals surface area contributed by atoms with Crippen LogP contribution < -0.4 is 0 Å². The number of nitrogens with zero attached hydrogens (tertiary/aromatic N) is 3. The summed E-state index contributed by atoms with van der Waals surface area (Å²) in [6.45, 7) is 4.81. The van der Waals surface area contributed by atoms with Crippen LogP contribution in [0.15, 0.2) is 30.3 Å². The molecule has 1 saturated heterocycles. The maximum absolute atomic E-state index is 14.4. The molecule has 1 aromatic heterocycles. The van der Waals surface area contributed by atoms with Crippen LogP contribution in [0, 0.1) is 11.2 Å². The van der Waals surface area contributed by atoms with Crippen molar-refractivity contribution in [3.8, 4) is 0 Å². The van der Waals surface area contributed by atoms with Crippen LogP contribution in [-0.4, -0.2) is 46.3 Å². The van der Waals surface area contributed by atoms with Crippen molar-refractivity contribution in [3.63, 3.8) is 0 Å². The van der Waals surface area contributed by atoms with Gasteiger partial charge in [0.15, 0.2) is 0 Å². The fraction of sp³-hybridized carbons (Fsp3) is 0.522. The minimum atomic E-state index is -0.961. The molecule has 1 aromatic carbocycles. The Morgan fingerprint density at radius 3 is 2.73 bits per heavy atom. The summed E-state index contributed by atoms with van der Waals surface area (Å²) >= 11 is 0. The van der Waals surface area contributed by atoms with E-state index >= 15 is 0 Å². The second-order valence-corrected chi connectivity index (χ2v) is 7.99. The molecule has 7 heteroatoms. The molecule has 0 unspecified atom stereocenters. The van der Waals surface area contributed by atoms with E-state index in [0.717, 1.165) is 18.5 Å². The predicted octanol–water partition coefficient (Wildman–Crippen LogP) is 3.54. The second kappa shape index (κ2) is 9.41. The Hall–Kier alpha value is -2.70. The summed E-state index contributed by atoms with van der Waals surface area (Å²) < 4.78 is 21.3. The van der Waals surface area contributed by atoms with E-state index in [0.29, 0.717) is 30.6 Å². The summed E-state index contributed by atoms with van der Waals surface area (Å²) in [6.07, 6.45) is 3.16. The fourth-order valence-corrected chi connectivity index (χ4v) is 4.25. The number of benzene rings is 1. The number of aryl methyl sites for hydroxylation is 2.